The predicted molar refractivity (Wildman–Crippen MR) is 121 cm³/mol. The van der Waals surface area contributed by atoms with E-state index in [1.807, 2.05) is 13.0 Å². The van der Waals surface area contributed by atoms with Crippen LogP contribution < -0.4 is 0 Å². The molecule has 1 aromatic heterocycles. The van der Waals surface area contributed by atoms with Crippen LogP contribution in [0, 0.1) is 12.3 Å². The van der Waals surface area contributed by atoms with E-state index in [9.17, 15) is 9.90 Å². The van der Waals surface area contributed by atoms with Crippen molar-refractivity contribution in [2.45, 2.75) is 45.6 Å². The molecule has 2 saturated heterocycles. The van der Waals surface area contributed by atoms with Crippen LogP contribution in [0.15, 0.2) is 35.8 Å². The van der Waals surface area contributed by atoms with Gasteiger partial charge >= 0.3 is 5.97 Å². The van der Waals surface area contributed by atoms with Crippen LogP contribution in [-0.2, 0) is 9.53 Å². The molecule has 5 rings (SSSR count). The van der Waals surface area contributed by atoms with Gasteiger partial charge in [-0.1, -0.05) is 6.07 Å². The molecule has 3 aliphatic rings. The van der Waals surface area contributed by atoms with Gasteiger partial charge in [0.05, 0.1) is 29.6 Å². The highest BCUT2D eigenvalue weighted by molar-refractivity contribution is 5.90. The number of ether oxygens (including phenoxy) is 1. The van der Waals surface area contributed by atoms with Crippen molar-refractivity contribution in [1.82, 2.24) is 30.0 Å². The summed E-state index contributed by atoms with van der Waals surface area (Å²) in [5.74, 6) is -0.171. The summed E-state index contributed by atoms with van der Waals surface area (Å²) in [6.45, 7) is 8.45. The minimum absolute atomic E-state index is 0.000171. The molecule has 176 valence electrons. The Morgan fingerprint density at radius 1 is 1.12 bits per heavy atom. The third kappa shape index (κ3) is 4.15. The van der Waals surface area contributed by atoms with Crippen LogP contribution >= 0.6 is 0 Å². The topological polar surface area (TPSA) is 96.6 Å². The van der Waals surface area contributed by atoms with E-state index in [4.69, 9.17) is 4.74 Å². The number of aryl methyl sites for hydroxylation is 1. The predicted octanol–water partition coefficient (Wildman–Crippen LogP) is 2.01. The van der Waals surface area contributed by atoms with Gasteiger partial charge in [-0.15, -0.1) is 5.10 Å². The van der Waals surface area contributed by atoms with Gasteiger partial charge in [-0.25, -0.2) is 9.48 Å². The van der Waals surface area contributed by atoms with Crippen molar-refractivity contribution in [1.29, 1.82) is 0 Å². The Hall–Kier alpha value is -2.78. The number of likely N-dealkylation sites (tertiary alicyclic amines) is 2. The first kappa shape index (κ1) is 22.0. The molecule has 9 heteroatoms. The number of esters is 1. The number of aliphatic hydroxyl groups excluding tert-OH is 1. The highest BCUT2D eigenvalue weighted by Crippen LogP contribution is 2.44. The van der Waals surface area contributed by atoms with Gasteiger partial charge in [-0.3, -0.25) is 4.90 Å². The molecule has 1 atom stereocenters. The fourth-order valence-electron chi connectivity index (χ4n) is 5.72. The van der Waals surface area contributed by atoms with Crippen LogP contribution in [0.5, 0.6) is 0 Å². The molecule has 4 heterocycles. The molecule has 1 spiro atoms. The summed E-state index contributed by atoms with van der Waals surface area (Å²) in [4.78, 5) is 16.5. The fourth-order valence-corrected chi connectivity index (χ4v) is 5.72. The summed E-state index contributed by atoms with van der Waals surface area (Å²) in [6, 6.07) is 6.18. The van der Waals surface area contributed by atoms with Gasteiger partial charge in [0.2, 0.25) is 0 Å². The zero-order chi connectivity index (χ0) is 23.0. The van der Waals surface area contributed by atoms with Gasteiger partial charge in [-0.2, -0.15) is 0 Å². The number of aromatic nitrogens is 4. The van der Waals surface area contributed by atoms with Gasteiger partial charge in [0, 0.05) is 13.1 Å². The summed E-state index contributed by atoms with van der Waals surface area (Å²) >= 11 is 0. The summed E-state index contributed by atoms with van der Waals surface area (Å²) in [5, 5.41) is 21.7. The van der Waals surface area contributed by atoms with Gasteiger partial charge in [0.1, 0.15) is 12.9 Å². The average molecular weight is 453 g/mol. The second kappa shape index (κ2) is 8.87. The second-order valence-corrected chi connectivity index (χ2v) is 9.66. The van der Waals surface area contributed by atoms with Crippen molar-refractivity contribution in [3.8, 4) is 5.69 Å². The lowest BCUT2D eigenvalue weighted by Crippen LogP contribution is -2.48. The summed E-state index contributed by atoms with van der Waals surface area (Å²) < 4.78 is 6.85. The molecule has 0 unspecified atom stereocenters. The molecule has 1 aromatic carbocycles. The van der Waals surface area contributed by atoms with Crippen molar-refractivity contribution < 1.29 is 14.6 Å². The Morgan fingerprint density at radius 3 is 2.42 bits per heavy atom. The van der Waals surface area contributed by atoms with Crippen molar-refractivity contribution in [2.24, 2.45) is 5.41 Å². The van der Waals surface area contributed by atoms with Gasteiger partial charge < -0.3 is 14.7 Å². The number of tetrazole rings is 1. The SMILES string of the molecule is CC1=C(N2CCC3(CC2)CCN([C@@H](CO)c2ccc(-n4cnnn4)cc2C)CC3)COC1=O. The molecular formula is C24H32N6O3. The van der Waals surface area contributed by atoms with E-state index in [0.29, 0.717) is 12.0 Å². The molecular weight excluding hydrogens is 420 g/mol. The number of hydrogen-bond donors (Lipinski definition) is 1. The van der Waals surface area contributed by atoms with Crippen molar-refractivity contribution in [3.05, 3.63) is 46.9 Å². The Morgan fingerprint density at radius 2 is 1.85 bits per heavy atom. The van der Waals surface area contributed by atoms with E-state index in [0.717, 1.165) is 79.9 Å². The van der Waals surface area contributed by atoms with E-state index in [1.165, 1.54) is 0 Å². The Kier molecular flexibility index (Phi) is 5.92. The smallest absolute Gasteiger partial charge is 0.335 e. The Balaban J connectivity index is 1.22. The maximum atomic E-state index is 11.7. The van der Waals surface area contributed by atoms with Gasteiger partial charge in [0.25, 0.3) is 0 Å². The second-order valence-electron chi connectivity index (χ2n) is 9.66. The number of aliphatic hydroxyl groups is 1. The minimum Gasteiger partial charge on any atom is -0.456 e. The number of carbonyl (C=O) groups is 1. The van der Waals surface area contributed by atoms with E-state index >= 15 is 0 Å². The lowest BCUT2D eigenvalue weighted by Gasteiger charge is -2.49. The quantitative estimate of drug-likeness (QED) is 0.689. The van der Waals surface area contributed by atoms with Crippen molar-refractivity contribution >= 4 is 5.97 Å². The van der Waals surface area contributed by atoms with Gasteiger partial charge in [0.15, 0.2) is 0 Å². The van der Waals surface area contributed by atoms with Crippen LogP contribution in [0.2, 0.25) is 0 Å². The molecule has 33 heavy (non-hydrogen) atoms. The molecule has 1 N–H and O–H groups in total. The lowest BCUT2D eigenvalue weighted by atomic mass is 9.71. The van der Waals surface area contributed by atoms with Crippen LogP contribution in [0.4, 0.5) is 0 Å². The van der Waals surface area contributed by atoms with E-state index < -0.39 is 0 Å². The lowest BCUT2D eigenvalue weighted by molar-refractivity contribution is -0.136. The fraction of sp³-hybridized carbons (Fsp3) is 0.583. The van der Waals surface area contributed by atoms with Crippen molar-refractivity contribution in [2.75, 3.05) is 39.4 Å². The highest BCUT2D eigenvalue weighted by atomic mass is 16.5. The molecule has 0 saturated carbocycles. The zero-order valence-electron chi connectivity index (χ0n) is 19.4. The number of nitrogens with zero attached hydrogens (tertiary/aromatic N) is 6. The maximum absolute atomic E-state index is 11.7. The Labute approximate surface area is 194 Å². The average Bonchev–Trinajstić information content (AvgIpc) is 3.48. The van der Waals surface area contributed by atoms with E-state index in [2.05, 4.69) is 44.4 Å². The number of cyclic esters (lactones) is 1. The number of carbonyl (C=O) groups excluding carboxylic acids is 1. The highest BCUT2D eigenvalue weighted by Gasteiger charge is 2.40. The summed E-state index contributed by atoms with van der Waals surface area (Å²) in [5.41, 5.74) is 5.42. The maximum Gasteiger partial charge on any atom is 0.335 e. The third-order valence-electron chi connectivity index (χ3n) is 7.98. The number of hydrogen-bond acceptors (Lipinski definition) is 8. The monoisotopic (exact) mass is 452 g/mol. The zero-order valence-corrected chi connectivity index (χ0v) is 19.4. The Bertz CT molecular complexity index is 1030. The summed E-state index contributed by atoms with van der Waals surface area (Å²) in [6.07, 6.45) is 6.17. The molecule has 0 aliphatic carbocycles. The number of rotatable bonds is 5. The van der Waals surface area contributed by atoms with Gasteiger partial charge in [-0.05, 0) is 91.7 Å². The van der Waals surface area contributed by atoms with Crippen LogP contribution in [0.1, 0.15) is 49.8 Å². The number of benzene rings is 1. The molecule has 2 aromatic rings. The van der Waals surface area contributed by atoms with Crippen LogP contribution in [-0.4, -0.2) is 80.5 Å². The third-order valence-corrected chi connectivity index (χ3v) is 7.98. The molecule has 9 nitrogen and oxygen atoms in total. The van der Waals surface area contributed by atoms with Crippen molar-refractivity contribution in [3.63, 3.8) is 0 Å². The molecule has 3 aliphatic heterocycles. The molecule has 0 bridgehead atoms. The summed E-state index contributed by atoms with van der Waals surface area (Å²) in [7, 11) is 0. The van der Waals surface area contributed by atoms with Crippen LogP contribution in [0.3, 0.4) is 0 Å². The largest absolute Gasteiger partial charge is 0.456 e. The standard InChI is InChI=1S/C24H32N6O3/c1-17-13-19(30-16-25-26-27-30)3-4-20(17)21(14-31)28-9-5-24(6-10-28)7-11-29(12-8-24)22-15-33-23(32)18(22)2/h3-4,13,16,21,31H,5-12,14-15H2,1-2H3/t21-/m0/s1. The minimum atomic E-state index is -0.171. The van der Waals surface area contributed by atoms with E-state index in [1.54, 1.807) is 11.0 Å². The molecule has 2 fully saturated rings. The van der Waals surface area contributed by atoms with E-state index in [-0.39, 0.29) is 18.6 Å². The normalized spacial score (nSPS) is 22.2. The first-order chi connectivity index (χ1) is 16.0. The molecule has 0 radical (unpaired) electrons. The first-order valence-corrected chi connectivity index (χ1v) is 11.8. The first-order valence-electron chi connectivity index (χ1n) is 11.8. The van der Waals surface area contributed by atoms with Crippen LogP contribution in [0.25, 0.3) is 5.69 Å². The number of piperidine rings is 2. The molecule has 0 amide bonds.